The molecule has 0 saturated carbocycles. The van der Waals surface area contributed by atoms with Gasteiger partial charge in [0.2, 0.25) is 0 Å². The second kappa shape index (κ2) is 5.14. The lowest BCUT2D eigenvalue weighted by Crippen LogP contribution is -2.31. The zero-order valence-electron chi connectivity index (χ0n) is 9.75. The van der Waals surface area contributed by atoms with Crippen LogP contribution in [0.4, 0.5) is 0 Å². The number of carbonyl (C=O) groups excluding carboxylic acids is 1. The standard InChI is InChI=1S/C11H9BrN2O4S/c1-18-11(15)10-6-9(13-19(16,17)14-10)7-3-2-4-8(12)5-7/h2-6,14H,1H3. The third-order valence-corrected chi connectivity index (χ3v) is 3.67. The fourth-order valence-corrected chi connectivity index (χ4v) is 2.76. The second-order valence-corrected chi connectivity index (χ2v) is 5.87. The van der Waals surface area contributed by atoms with E-state index in [0.717, 1.165) is 4.47 Å². The summed E-state index contributed by atoms with van der Waals surface area (Å²) in [6.45, 7) is 0. The summed E-state index contributed by atoms with van der Waals surface area (Å²) in [5.41, 5.74) is 0.564. The highest BCUT2D eigenvalue weighted by atomic mass is 79.9. The molecule has 1 aromatic carbocycles. The molecule has 0 saturated heterocycles. The lowest BCUT2D eigenvalue weighted by molar-refractivity contribution is -0.136. The molecule has 100 valence electrons. The number of allylic oxidation sites excluding steroid dienone is 1. The van der Waals surface area contributed by atoms with Crippen molar-refractivity contribution in [3.8, 4) is 0 Å². The minimum absolute atomic E-state index is 0.167. The number of halogens is 1. The number of hydrogen-bond acceptors (Lipinski definition) is 4. The van der Waals surface area contributed by atoms with Crippen molar-refractivity contribution < 1.29 is 17.9 Å². The van der Waals surface area contributed by atoms with E-state index in [1.54, 1.807) is 24.3 Å². The molecule has 0 spiro atoms. The van der Waals surface area contributed by atoms with Crippen molar-refractivity contribution in [3.63, 3.8) is 0 Å². The molecule has 0 fully saturated rings. The summed E-state index contributed by atoms with van der Waals surface area (Å²) >= 11 is 3.28. The van der Waals surface area contributed by atoms with E-state index in [1.165, 1.54) is 13.2 Å². The van der Waals surface area contributed by atoms with Crippen molar-refractivity contribution in [3.05, 3.63) is 46.1 Å². The number of nitrogens with zero attached hydrogens (tertiary/aromatic N) is 1. The van der Waals surface area contributed by atoms with Gasteiger partial charge in [-0.3, -0.25) is 4.72 Å². The third-order valence-electron chi connectivity index (χ3n) is 2.26. The molecular weight excluding hydrogens is 336 g/mol. The van der Waals surface area contributed by atoms with Gasteiger partial charge in [-0.25, -0.2) is 4.79 Å². The highest BCUT2D eigenvalue weighted by Gasteiger charge is 2.23. The second-order valence-electron chi connectivity index (χ2n) is 3.61. The summed E-state index contributed by atoms with van der Waals surface area (Å²) in [5, 5.41) is 0. The SMILES string of the molecule is COC(=O)C1=CC(c2cccc(Br)c2)=NS(=O)(=O)N1. The highest BCUT2D eigenvalue weighted by molar-refractivity contribution is 9.10. The molecule has 6 nitrogen and oxygen atoms in total. The van der Waals surface area contributed by atoms with Crippen molar-refractivity contribution in [2.24, 2.45) is 4.40 Å². The predicted molar refractivity (Wildman–Crippen MR) is 72.8 cm³/mol. The Morgan fingerprint density at radius 2 is 2.16 bits per heavy atom. The van der Waals surface area contributed by atoms with Crippen LogP contribution in [0.25, 0.3) is 0 Å². The Bertz CT molecular complexity index is 694. The molecule has 0 aromatic heterocycles. The first-order valence-corrected chi connectivity index (χ1v) is 7.33. The molecule has 0 aliphatic carbocycles. The van der Waals surface area contributed by atoms with Gasteiger partial charge in [0.15, 0.2) is 0 Å². The number of methoxy groups -OCH3 is 1. The summed E-state index contributed by atoms with van der Waals surface area (Å²) in [6.07, 6.45) is 1.33. The molecule has 0 unspecified atom stereocenters. The van der Waals surface area contributed by atoms with Crippen LogP contribution in [0, 0.1) is 0 Å². The predicted octanol–water partition coefficient (Wildman–Crippen LogP) is 1.14. The Morgan fingerprint density at radius 1 is 1.42 bits per heavy atom. The van der Waals surface area contributed by atoms with E-state index in [0.29, 0.717) is 5.56 Å². The maximum Gasteiger partial charge on any atom is 0.355 e. The van der Waals surface area contributed by atoms with Crippen LogP contribution < -0.4 is 4.72 Å². The van der Waals surface area contributed by atoms with Crippen molar-refractivity contribution in [2.75, 3.05) is 7.11 Å². The number of ether oxygens (including phenoxy) is 1. The van der Waals surface area contributed by atoms with E-state index in [-0.39, 0.29) is 11.4 Å². The molecule has 8 heteroatoms. The Labute approximate surface area is 118 Å². The zero-order chi connectivity index (χ0) is 14.0. The molecule has 1 N–H and O–H groups in total. The smallest absolute Gasteiger partial charge is 0.355 e. The summed E-state index contributed by atoms with van der Waals surface area (Å²) in [5.74, 6) is -0.772. The Morgan fingerprint density at radius 3 is 2.79 bits per heavy atom. The number of esters is 1. The maximum atomic E-state index is 11.6. The average Bonchev–Trinajstić information content (AvgIpc) is 2.36. The van der Waals surface area contributed by atoms with Gasteiger partial charge in [0.25, 0.3) is 0 Å². The van der Waals surface area contributed by atoms with E-state index in [9.17, 15) is 13.2 Å². The van der Waals surface area contributed by atoms with Crippen molar-refractivity contribution in [2.45, 2.75) is 0 Å². The van der Waals surface area contributed by atoms with Crippen LogP contribution in [0.3, 0.4) is 0 Å². The zero-order valence-corrected chi connectivity index (χ0v) is 12.2. The third kappa shape index (κ3) is 3.21. The number of hydrogen-bond donors (Lipinski definition) is 1. The monoisotopic (exact) mass is 344 g/mol. The summed E-state index contributed by atoms with van der Waals surface area (Å²) < 4.78 is 34.0. The Balaban J connectivity index is 2.52. The summed E-state index contributed by atoms with van der Waals surface area (Å²) in [6, 6.07) is 6.92. The van der Waals surface area contributed by atoms with Gasteiger partial charge in [-0.15, -0.1) is 4.40 Å². The molecule has 19 heavy (non-hydrogen) atoms. The van der Waals surface area contributed by atoms with Gasteiger partial charge in [-0.1, -0.05) is 28.1 Å². The average molecular weight is 345 g/mol. The van der Waals surface area contributed by atoms with Crippen LogP contribution in [0.5, 0.6) is 0 Å². The van der Waals surface area contributed by atoms with Crippen LogP contribution in [0.2, 0.25) is 0 Å². The van der Waals surface area contributed by atoms with E-state index >= 15 is 0 Å². The van der Waals surface area contributed by atoms with Gasteiger partial charge < -0.3 is 4.74 Å². The van der Waals surface area contributed by atoms with Crippen LogP contribution in [0.15, 0.2) is 44.9 Å². The largest absolute Gasteiger partial charge is 0.464 e. The van der Waals surface area contributed by atoms with Crippen LogP contribution in [-0.4, -0.2) is 27.2 Å². The van der Waals surface area contributed by atoms with E-state index in [2.05, 4.69) is 25.1 Å². The van der Waals surface area contributed by atoms with Gasteiger partial charge in [0.05, 0.1) is 12.8 Å². The van der Waals surface area contributed by atoms with Crippen LogP contribution in [0.1, 0.15) is 5.56 Å². The minimum atomic E-state index is -3.94. The molecular formula is C11H9BrN2O4S. The Kier molecular flexibility index (Phi) is 3.72. The molecule has 0 amide bonds. The Hall–Kier alpha value is -1.67. The lowest BCUT2D eigenvalue weighted by Gasteiger charge is -2.13. The molecule has 1 aliphatic heterocycles. The fraction of sp³-hybridized carbons (Fsp3) is 0.0909. The fourth-order valence-electron chi connectivity index (χ4n) is 1.48. The van der Waals surface area contributed by atoms with Gasteiger partial charge in [0.1, 0.15) is 5.70 Å². The number of rotatable bonds is 2. The summed E-state index contributed by atoms with van der Waals surface area (Å²) in [7, 11) is -2.78. The van der Waals surface area contributed by atoms with Crippen molar-refractivity contribution in [1.29, 1.82) is 0 Å². The molecule has 1 heterocycles. The minimum Gasteiger partial charge on any atom is -0.464 e. The first-order chi connectivity index (χ1) is 8.91. The molecule has 0 bridgehead atoms. The normalized spacial score (nSPS) is 16.9. The van der Waals surface area contributed by atoms with Gasteiger partial charge in [-0.2, -0.15) is 8.42 Å². The van der Waals surface area contributed by atoms with E-state index < -0.39 is 16.2 Å². The van der Waals surface area contributed by atoms with Crippen LogP contribution in [-0.2, 0) is 19.7 Å². The topological polar surface area (TPSA) is 84.8 Å². The first kappa shape index (κ1) is 13.8. The van der Waals surface area contributed by atoms with E-state index in [1.807, 2.05) is 4.72 Å². The lowest BCUT2D eigenvalue weighted by atomic mass is 10.1. The van der Waals surface area contributed by atoms with Crippen molar-refractivity contribution in [1.82, 2.24) is 4.72 Å². The number of carbonyl (C=O) groups is 1. The molecule has 0 atom stereocenters. The number of benzene rings is 1. The van der Waals surface area contributed by atoms with Gasteiger partial charge in [-0.05, 0) is 18.2 Å². The molecule has 1 aliphatic rings. The van der Waals surface area contributed by atoms with E-state index in [4.69, 9.17) is 0 Å². The van der Waals surface area contributed by atoms with Crippen molar-refractivity contribution >= 4 is 37.8 Å². The molecule has 1 aromatic rings. The quantitative estimate of drug-likeness (QED) is 0.815. The number of nitrogens with one attached hydrogen (secondary N) is 1. The van der Waals surface area contributed by atoms with Crippen LogP contribution >= 0.6 is 15.9 Å². The molecule has 0 radical (unpaired) electrons. The van der Waals surface area contributed by atoms with Gasteiger partial charge in [0, 0.05) is 10.0 Å². The highest BCUT2D eigenvalue weighted by Crippen LogP contribution is 2.16. The first-order valence-electron chi connectivity index (χ1n) is 5.10. The summed E-state index contributed by atoms with van der Waals surface area (Å²) in [4.78, 5) is 11.4. The molecule has 2 rings (SSSR count). The van der Waals surface area contributed by atoms with Gasteiger partial charge >= 0.3 is 16.2 Å². The maximum absolute atomic E-state index is 11.6.